The predicted octanol–water partition coefficient (Wildman–Crippen LogP) is 3.60. The van der Waals surface area contributed by atoms with Gasteiger partial charge < -0.3 is 4.74 Å². The lowest BCUT2D eigenvalue weighted by Crippen LogP contribution is -2.22. The molecule has 0 saturated heterocycles. The van der Waals surface area contributed by atoms with Crippen molar-refractivity contribution >= 4 is 29.3 Å². The van der Waals surface area contributed by atoms with E-state index in [-0.39, 0.29) is 10.7 Å². The third-order valence-corrected chi connectivity index (χ3v) is 2.31. The van der Waals surface area contributed by atoms with Crippen molar-refractivity contribution in [3.05, 3.63) is 45.0 Å². The zero-order valence-electron chi connectivity index (χ0n) is 10.8. The van der Waals surface area contributed by atoms with Crippen LogP contribution in [-0.4, -0.2) is 16.5 Å². The zero-order valence-corrected chi connectivity index (χ0v) is 11.6. The van der Waals surface area contributed by atoms with Crippen molar-refractivity contribution < 1.29 is 14.5 Å². The van der Waals surface area contributed by atoms with Gasteiger partial charge in [0.1, 0.15) is 10.6 Å². The maximum absolute atomic E-state index is 11.4. The van der Waals surface area contributed by atoms with Gasteiger partial charge in [-0.05, 0) is 38.5 Å². The lowest BCUT2D eigenvalue weighted by atomic mass is 10.2. The Morgan fingerprint density at radius 2 is 2.05 bits per heavy atom. The Kier molecular flexibility index (Phi) is 4.67. The monoisotopic (exact) mass is 283 g/mol. The Labute approximate surface area is 116 Å². The van der Waals surface area contributed by atoms with E-state index in [1.807, 2.05) is 0 Å². The molecule has 6 heteroatoms. The first kappa shape index (κ1) is 15.2. The van der Waals surface area contributed by atoms with Gasteiger partial charge in [0.2, 0.25) is 0 Å². The van der Waals surface area contributed by atoms with Gasteiger partial charge in [0.25, 0.3) is 5.69 Å². The molecule has 1 aromatic carbocycles. The van der Waals surface area contributed by atoms with Crippen molar-refractivity contribution in [2.45, 2.75) is 26.4 Å². The smallest absolute Gasteiger partial charge is 0.331 e. The van der Waals surface area contributed by atoms with Crippen LogP contribution in [0, 0.1) is 10.1 Å². The summed E-state index contributed by atoms with van der Waals surface area (Å²) in [6.07, 6.45) is 2.66. The number of nitro groups is 1. The van der Waals surface area contributed by atoms with Gasteiger partial charge in [-0.2, -0.15) is 0 Å². The molecule has 0 aliphatic rings. The third kappa shape index (κ3) is 5.09. The summed E-state index contributed by atoms with van der Waals surface area (Å²) in [6, 6.07) is 4.29. The molecule has 0 atom stereocenters. The molecular weight excluding hydrogens is 270 g/mol. The second kappa shape index (κ2) is 5.84. The molecule has 0 heterocycles. The molecule has 1 aromatic rings. The normalized spacial score (nSPS) is 11.6. The first-order valence-electron chi connectivity index (χ1n) is 5.54. The van der Waals surface area contributed by atoms with Crippen LogP contribution in [0.1, 0.15) is 26.3 Å². The van der Waals surface area contributed by atoms with Crippen molar-refractivity contribution in [3.63, 3.8) is 0 Å². The summed E-state index contributed by atoms with van der Waals surface area (Å²) in [4.78, 5) is 21.6. The largest absolute Gasteiger partial charge is 0.457 e. The molecule has 5 nitrogen and oxygen atoms in total. The van der Waals surface area contributed by atoms with Crippen molar-refractivity contribution in [2.75, 3.05) is 0 Å². The summed E-state index contributed by atoms with van der Waals surface area (Å²) in [6.45, 7) is 5.27. The fraction of sp³-hybridized carbons (Fsp3) is 0.308. The van der Waals surface area contributed by atoms with E-state index >= 15 is 0 Å². The molecule has 0 amide bonds. The number of rotatable bonds is 3. The standard InChI is InChI=1S/C13H14ClNO4/c1-13(2,3)19-12(16)7-5-9-4-6-10(14)11(8-9)15(17)18/h4-8H,1-3H3. The van der Waals surface area contributed by atoms with Crippen LogP contribution in [0.2, 0.25) is 5.02 Å². The minimum absolute atomic E-state index is 0.0550. The van der Waals surface area contributed by atoms with Crippen LogP contribution in [0.15, 0.2) is 24.3 Å². The summed E-state index contributed by atoms with van der Waals surface area (Å²) in [5.74, 6) is -0.509. The number of halogens is 1. The van der Waals surface area contributed by atoms with Gasteiger partial charge in [-0.1, -0.05) is 17.7 Å². The summed E-state index contributed by atoms with van der Waals surface area (Å²) in [5.41, 5.74) is -0.275. The fourth-order valence-electron chi connectivity index (χ4n) is 1.27. The Hall–Kier alpha value is -1.88. The number of carbonyl (C=O) groups excluding carboxylic acids is 1. The number of hydrogen-bond donors (Lipinski definition) is 0. The highest BCUT2D eigenvalue weighted by atomic mass is 35.5. The fourth-order valence-corrected chi connectivity index (χ4v) is 1.46. The summed E-state index contributed by atoms with van der Waals surface area (Å²) >= 11 is 5.68. The first-order chi connectivity index (χ1) is 8.69. The summed E-state index contributed by atoms with van der Waals surface area (Å²) < 4.78 is 5.08. The highest BCUT2D eigenvalue weighted by Crippen LogP contribution is 2.25. The highest BCUT2D eigenvalue weighted by molar-refractivity contribution is 6.32. The Balaban J connectivity index is 2.86. The Bertz CT molecular complexity index is 532. The maximum atomic E-state index is 11.4. The quantitative estimate of drug-likeness (QED) is 0.368. The molecule has 0 spiro atoms. The van der Waals surface area contributed by atoms with Crippen LogP contribution < -0.4 is 0 Å². The van der Waals surface area contributed by atoms with Crippen molar-refractivity contribution in [1.29, 1.82) is 0 Å². The Morgan fingerprint density at radius 3 is 2.58 bits per heavy atom. The van der Waals surface area contributed by atoms with Gasteiger partial charge in [0, 0.05) is 12.1 Å². The molecule has 0 radical (unpaired) electrons. The van der Waals surface area contributed by atoms with Crippen LogP contribution in [0.4, 0.5) is 5.69 Å². The lowest BCUT2D eigenvalue weighted by molar-refractivity contribution is -0.384. The van der Waals surface area contributed by atoms with Crippen LogP contribution in [0.25, 0.3) is 6.08 Å². The van der Waals surface area contributed by atoms with Crippen LogP contribution >= 0.6 is 11.6 Å². The van der Waals surface area contributed by atoms with Gasteiger partial charge in [0.05, 0.1) is 4.92 Å². The minimum Gasteiger partial charge on any atom is -0.457 e. The molecule has 1 rings (SSSR count). The minimum atomic E-state index is -0.576. The molecule has 0 aliphatic carbocycles. The number of nitro benzene ring substituents is 1. The topological polar surface area (TPSA) is 69.4 Å². The maximum Gasteiger partial charge on any atom is 0.331 e. The second-order valence-electron chi connectivity index (χ2n) is 4.83. The van der Waals surface area contributed by atoms with E-state index in [0.717, 1.165) is 0 Å². The van der Waals surface area contributed by atoms with Crippen LogP contribution in [0.5, 0.6) is 0 Å². The van der Waals surface area contributed by atoms with Gasteiger partial charge in [-0.25, -0.2) is 4.79 Å². The molecule has 0 bridgehead atoms. The lowest BCUT2D eigenvalue weighted by Gasteiger charge is -2.17. The SMILES string of the molecule is CC(C)(C)OC(=O)C=Cc1ccc(Cl)c([N+](=O)[O-])c1. The second-order valence-corrected chi connectivity index (χ2v) is 5.24. The van der Waals surface area contributed by atoms with E-state index in [4.69, 9.17) is 16.3 Å². The predicted molar refractivity (Wildman–Crippen MR) is 73.0 cm³/mol. The van der Waals surface area contributed by atoms with Gasteiger partial charge in [0.15, 0.2) is 0 Å². The number of nitrogens with zero attached hydrogens (tertiary/aromatic N) is 1. The van der Waals surface area contributed by atoms with E-state index in [2.05, 4.69) is 0 Å². The number of esters is 1. The number of hydrogen-bond acceptors (Lipinski definition) is 4. The molecule has 0 aromatic heterocycles. The van der Waals surface area contributed by atoms with Gasteiger partial charge in [-0.3, -0.25) is 10.1 Å². The van der Waals surface area contributed by atoms with Crippen LogP contribution in [0.3, 0.4) is 0 Å². The molecule has 0 unspecified atom stereocenters. The average molecular weight is 284 g/mol. The van der Waals surface area contributed by atoms with Crippen LogP contribution in [-0.2, 0) is 9.53 Å². The molecule has 0 N–H and O–H groups in total. The average Bonchev–Trinajstić information content (AvgIpc) is 2.25. The number of carbonyl (C=O) groups is 1. The van der Waals surface area contributed by atoms with Crippen molar-refractivity contribution in [2.24, 2.45) is 0 Å². The Morgan fingerprint density at radius 1 is 1.42 bits per heavy atom. The van der Waals surface area contributed by atoms with E-state index < -0.39 is 16.5 Å². The third-order valence-electron chi connectivity index (χ3n) is 1.99. The molecule has 0 saturated carbocycles. The molecule has 19 heavy (non-hydrogen) atoms. The van der Waals surface area contributed by atoms with E-state index in [9.17, 15) is 14.9 Å². The van der Waals surface area contributed by atoms with E-state index in [1.54, 1.807) is 26.8 Å². The summed E-state index contributed by atoms with van der Waals surface area (Å²) in [7, 11) is 0. The van der Waals surface area contributed by atoms with E-state index in [1.165, 1.54) is 24.3 Å². The molecule has 0 fully saturated rings. The highest BCUT2D eigenvalue weighted by Gasteiger charge is 2.14. The van der Waals surface area contributed by atoms with Crippen molar-refractivity contribution in [3.8, 4) is 0 Å². The number of ether oxygens (including phenoxy) is 1. The van der Waals surface area contributed by atoms with Crippen molar-refractivity contribution in [1.82, 2.24) is 0 Å². The first-order valence-corrected chi connectivity index (χ1v) is 5.92. The van der Waals surface area contributed by atoms with Gasteiger partial charge in [-0.15, -0.1) is 0 Å². The summed E-state index contributed by atoms with van der Waals surface area (Å²) in [5, 5.41) is 10.8. The molecule has 102 valence electrons. The zero-order chi connectivity index (χ0) is 14.6. The van der Waals surface area contributed by atoms with E-state index in [0.29, 0.717) is 5.56 Å². The number of benzene rings is 1. The van der Waals surface area contributed by atoms with Gasteiger partial charge >= 0.3 is 5.97 Å². The molecular formula is C13H14ClNO4. The molecule has 0 aliphatic heterocycles.